The summed E-state index contributed by atoms with van der Waals surface area (Å²) in [6.45, 7) is 2.21. The first kappa shape index (κ1) is 16.8. The first-order valence-corrected chi connectivity index (χ1v) is 8.93. The average Bonchev–Trinajstić information content (AvgIpc) is 2.59. The predicted octanol–water partition coefficient (Wildman–Crippen LogP) is 2.79. The molecule has 0 radical (unpaired) electrons. The number of aliphatic hydroxyl groups is 1. The van der Waals surface area contributed by atoms with Crippen LogP contribution in [0.25, 0.3) is 0 Å². The number of aromatic nitrogens is 1. The minimum atomic E-state index is -0.335. The fourth-order valence-electron chi connectivity index (χ4n) is 4.39. The van der Waals surface area contributed by atoms with E-state index >= 15 is 0 Å². The molecule has 4 rings (SSSR count). The van der Waals surface area contributed by atoms with Crippen molar-refractivity contribution >= 4 is 11.6 Å². The van der Waals surface area contributed by atoms with Crippen molar-refractivity contribution in [3.05, 3.63) is 68.8 Å². The summed E-state index contributed by atoms with van der Waals surface area (Å²) >= 11 is 6.18. The summed E-state index contributed by atoms with van der Waals surface area (Å²) in [5.41, 5.74) is 1.85. The van der Waals surface area contributed by atoms with E-state index in [1.54, 1.807) is 22.8 Å². The van der Waals surface area contributed by atoms with E-state index in [1.807, 2.05) is 6.07 Å². The number of benzene rings is 1. The molecule has 4 nitrogen and oxygen atoms in total. The van der Waals surface area contributed by atoms with Crippen LogP contribution >= 0.6 is 11.6 Å². The maximum absolute atomic E-state index is 13.3. The molecular formula is C19H20ClFN2O2. The fraction of sp³-hybridized carbons (Fsp3) is 0.421. The topological polar surface area (TPSA) is 45.5 Å². The molecule has 1 fully saturated rings. The van der Waals surface area contributed by atoms with Gasteiger partial charge in [0.2, 0.25) is 0 Å². The predicted molar refractivity (Wildman–Crippen MR) is 94.4 cm³/mol. The van der Waals surface area contributed by atoms with Crippen LogP contribution in [0.15, 0.2) is 41.2 Å². The van der Waals surface area contributed by atoms with E-state index in [4.69, 9.17) is 11.6 Å². The number of likely N-dealkylation sites (tertiary alicyclic amines) is 1. The highest BCUT2D eigenvalue weighted by Gasteiger charge is 2.40. The molecule has 2 aromatic rings. The molecule has 1 saturated heterocycles. The highest BCUT2D eigenvalue weighted by Crippen LogP contribution is 2.41. The van der Waals surface area contributed by atoms with Gasteiger partial charge in [-0.25, -0.2) is 4.39 Å². The van der Waals surface area contributed by atoms with Crippen LogP contribution in [0, 0.1) is 11.7 Å². The lowest BCUT2D eigenvalue weighted by Gasteiger charge is -2.46. The summed E-state index contributed by atoms with van der Waals surface area (Å²) in [5.74, 6) is 0.142. The molecule has 0 spiro atoms. The normalized spacial score (nSPS) is 25.6. The van der Waals surface area contributed by atoms with Gasteiger partial charge < -0.3 is 9.67 Å². The van der Waals surface area contributed by atoms with Gasteiger partial charge in [-0.05, 0) is 36.1 Å². The smallest absolute Gasteiger partial charge is 0.251 e. The molecule has 1 aromatic heterocycles. The second-order valence-electron chi connectivity index (χ2n) is 7.03. The molecule has 3 heterocycles. The number of nitrogens with zero attached hydrogens (tertiary/aromatic N) is 2. The molecule has 2 aliphatic heterocycles. The molecule has 1 N–H and O–H groups in total. The monoisotopic (exact) mass is 362 g/mol. The number of fused-ring (bicyclic) bond motifs is 4. The number of pyridine rings is 1. The number of hydrogen-bond acceptors (Lipinski definition) is 3. The first-order valence-electron chi connectivity index (χ1n) is 8.55. The Morgan fingerprint density at radius 2 is 2.08 bits per heavy atom. The Kier molecular flexibility index (Phi) is 4.40. The van der Waals surface area contributed by atoms with Crippen LogP contribution in [-0.4, -0.2) is 34.3 Å². The van der Waals surface area contributed by atoms with Gasteiger partial charge in [-0.2, -0.15) is 0 Å². The van der Waals surface area contributed by atoms with Crippen LogP contribution in [0.3, 0.4) is 0 Å². The van der Waals surface area contributed by atoms with Crippen molar-refractivity contribution in [3.8, 4) is 0 Å². The molecule has 2 bridgehead atoms. The van der Waals surface area contributed by atoms with E-state index < -0.39 is 0 Å². The number of halogens is 2. The van der Waals surface area contributed by atoms with Gasteiger partial charge in [-0.3, -0.25) is 9.69 Å². The Labute approximate surface area is 150 Å². The summed E-state index contributed by atoms with van der Waals surface area (Å²) in [6, 6.07) is 9.64. The Balaban J connectivity index is 1.63. The summed E-state index contributed by atoms with van der Waals surface area (Å²) in [7, 11) is 0. The van der Waals surface area contributed by atoms with E-state index in [1.165, 1.54) is 12.1 Å². The van der Waals surface area contributed by atoms with Gasteiger partial charge in [0, 0.05) is 42.3 Å². The minimum absolute atomic E-state index is 0.0405. The largest absolute Gasteiger partial charge is 0.394 e. The molecule has 0 amide bonds. The van der Waals surface area contributed by atoms with E-state index in [9.17, 15) is 14.3 Å². The lowest BCUT2D eigenvalue weighted by atomic mass is 9.78. The van der Waals surface area contributed by atoms with E-state index in [2.05, 4.69) is 4.90 Å². The summed E-state index contributed by atoms with van der Waals surface area (Å²) in [6.07, 6.45) is 0.975. The standard InChI is InChI=1S/C19H20ClFN2O2/c20-16-7-15(21)5-4-12(16)8-22-9-13-6-14(10-22)18(11-24)23-17(13)2-1-3-19(23)25/h1-5,7,13-14,18,24H,6,8-11H2/t13-,14+,18+/m1/s1. The highest BCUT2D eigenvalue weighted by molar-refractivity contribution is 6.31. The number of rotatable bonds is 3. The Hall–Kier alpha value is -1.69. The van der Waals surface area contributed by atoms with Crippen molar-refractivity contribution in [3.63, 3.8) is 0 Å². The van der Waals surface area contributed by atoms with Crippen LogP contribution in [0.4, 0.5) is 4.39 Å². The van der Waals surface area contributed by atoms with Gasteiger partial charge in [-0.1, -0.05) is 23.7 Å². The third-order valence-corrected chi connectivity index (χ3v) is 5.82. The van der Waals surface area contributed by atoms with Crippen LogP contribution < -0.4 is 5.56 Å². The maximum Gasteiger partial charge on any atom is 0.251 e. The van der Waals surface area contributed by atoms with Crippen molar-refractivity contribution in [2.45, 2.75) is 24.9 Å². The number of hydrogen-bond donors (Lipinski definition) is 1. The van der Waals surface area contributed by atoms with E-state index in [0.29, 0.717) is 11.6 Å². The second-order valence-corrected chi connectivity index (χ2v) is 7.44. The zero-order valence-electron chi connectivity index (χ0n) is 13.7. The summed E-state index contributed by atoms with van der Waals surface area (Å²) in [4.78, 5) is 14.6. The zero-order chi connectivity index (χ0) is 17.6. The van der Waals surface area contributed by atoms with E-state index in [-0.39, 0.29) is 35.9 Å². The third kappa shape index (κ3) is 3.01. The van der Waals surface area contributed by atoms with Crippen molar-refractivity contribution in [1.82, 2.24) is 9.47 Å². The molecule has 3 atom stereocenters. The molecule has 25 heavy (non-hydrogen) atoms. The van der Waals surface area contributed by atoms with Gasteiger partial charge >= 0.3 is 0 Å². The van der Waals surface area contributed by atoms with Crippen molar-refractivity contribution < 1.29 is 9.50 Å². The first-order chi connectivity index (χ1) is 12.1. The van der Waals surface area contributed by atoms with E-state index in [0.717, 1.165) is 30.8 Å². The number of piperidine rings is 1. The van der Waals surface area contributed by atoms with Crippen LogP contribution in [0.2, 0.25) is 5.02 Å². The molecule has 2 aliphatic rings. The van der Waals surface area contributed by atoms with Gasteiger partial charge in [0.15, 0.2) is 0 Å². The number of aliphatic hydroxyl groups excluding tert-OH is 1. The molecule has 0 saturated carbocycles. The molecule has 0 unspecified atom stereocenters. The second kappa shape index (κ2) is 6.56. The van der Waals surface area contributed by atoms with Crippen LogP contribution in [0.1, 0.15) is 29.6 Å². The average molecular weight is 363 g/mol. The maximum atomic E-state index is 13.3. The minimum Gasteiger partial charge on any atom is -0.394 e. The Morgan fingerprint density at radius 1 is 1.24 bits per heavy atom. The van der Waals surface area contributed by atoms with Crippen molar-refractivity contribution in [2.24, 2.45) is 5.92 Å². The van der Waals surface area contributed by atoms with Crippen LogP contribution in [0.5, 0.6) is 0 Å². The lowest BCUT2D eigenvalue weighted by Crippen LogP contribution is -2.50. The fourth-order valence-corrected chi connectivity index (χ4v) is 4.62. The quantitative estimate of drug-likeness (QED) is 0.913. The molecule has 0 aliphatic carbocycles. The summed E-state index contributed by atoms with van der Waals surface area (Å²) in [5, 5.41) is 10.3. The molecule has 6 heteroatoms. The van der Waals surface area contributed by atoms with Gasteiger partial charge in [0.1, 0.15) is 5.82 Å². The highest BCUT2D eigenvalue weighted by atomic mass is 35.5. The van der Waals surface area contributed by atoms with Crippen LogP contribution in [-0.2, 0) is 6.54 Å². The van der Waals surface area contributed by atoms with Crippen molar-refractivity contribution in [2.75, 3.05) is 19.7 Å². The van der Waals surface area contributed by atoms with Gasteiger partial charge in [-0.15, -0.1) is 0 Å². The lowest BCUT2D eigenvalue weighted by molar-refractivity contribution is 0.0580. The molecule has 1 aromatic carbocycles. The van der Waals surface area contributed by atoms with Crippen molar-refractivity contribution in [1.29, 1.82) is 0 Å². The van der Waals surface area contributed by atoms with Gasteiger partial charge in [0.25, 0.3) is 5.56 Å². The Morgan fingerprint density at radius 3 is 2.84 bits per heavy atom. The van der Waals surface area contributed by atoms with Gasteiger partial charge in [0.05, 0.1) is 12.6 Å². The molecule has 132 valence electrons. The third-order valence-electron chi connectivity index (χ3n) is 5.47. The molecular weight excluding hydrogens is 343 g/mol. The Bertz CT molecular complexity index is 854. The zero-order valence-corrected chi connectivity index (χ0v) is 14.5. The summed E-state index contributed by atoms with van der Waals surface area (Å²) < 4.78 is 15.0. The SMILES string of the molecule is O=c1cccc2n1[C@@H](CO)[C@H]1C[C@@H]2CN(Cc2ccc(F)cc2Cl)C1.